The van der Waals surface area contributed by atoms with Gasteiger partial charge in [0.25, 0.3) is 0 Å². The Balaban J connectivity index is 1.49. The third kappa shape index (κ3) is 6.62. The fourth-order valence-electron chi connectivity index (χ4n) is 3.18. The van der Waals surface area contributed by atoms with Crippen molar-refractivity contribution in [3.8, 4) is 22.6 Å². The molecule has 0 spiro atoms. The summed E-state index contributed by atoms with van der Waals surface area (Å²) in [5, 5.41) is 8.89. The summed E-state index contributed by atoms with van der Waals surface area (Å²) in [5.41, 5.74) is 7.71. The zero-order valence-electron chi connectivity index (χ0n) is 18.2. The molecule has 0 unspecified atom stereocenters. The van der Waals surface area contributed by atoms with Crippen LogP contribution in [-0.2, 0) is 16.1 Å². The van der Waals surface area contributed by atoms with Gasteiger partial charge in [-0.2, -0.15) is 0 Å². The highest BCUT2D eigenvalue weighted by Gasteiger charge is 2.05. The van der Waals surface area contributed by atoms with Crippen molar-refractivity contribution in [2.75, 3.05) is 20.3 Å². The van der Waals surface area contributed by atoms with Crippen molar-refractivity contribution in [2.24, 2.45) is 0 Å². The molecule has 0 heterocycles. The van der Waals surface area contributed by atoms with Gasteiger partial charge in [0.2, 0.25) is 0 Å². The van der Waals surface area contributed by atoms with Crippen LogP contribution >= 0.6 is 0 Å². The highest BCUT2D eigenvalue weighted by molar-refractivity contribution is 5.70. The highest BCUT2D eigenvalue weighted by atomic mass is 16.7. The number of methoxy groups -OCH3 is 1. The molecule has 0 saturated heterocycles. The lowest BCUT2D eigenvalue weighted by atomic mass is 10.0. The number of nitrogens with one attached hydrogen (secondary N) is 1. The summed E-state index contributed by atoms with van der Waals surface area (Å²) in [6.45, 7) is 2.59. The summed E-state index contributed by atoms with van der Waals surface area (Å²) in [7, 11) is 1.66. The average Bonchev–Trinajstić information content (AvgIpc) is 2.81. The number of hydrogen-bond donors (Lipinski definition) is 2. The van der Waals surface area contributed by atoms with Gasteiger partial charge in [-0.3, -0.25) is 15.1 Å². The second kappa shape index (κ2) is 11.6. The molecule has 2 N–H and O–H groups in total. The number of ether oxygens (including phenoxy) is 2. The average molecular weight is 434 g/mol. The topological polar surface area (TPSA) is 77.0 Å². The van der Waals surface area contributed by atoms with Crippen LogP contribution < -0.4 is 15.0 Å². The largest absolute Gasteiger partial charge is 0.497 e. The Kier molecular flexibility index (Phi) is 8.29. The fourth-order valence-corrected chi connectivity index (χ4v) is 3.18. The van der Waals surface area contributed by atoms with Crippen molar-refractivity contribution in [3.63, 3.8) is 0 Å². The standard InChI is InChI=1S/C26H27NO5/c1-3-25(21-12-10-20(11-13-21)22-7-5-8-23(18-22)30-2)27-32-15-14-31-24-9-4-6-19(16-24)17-26(28)29/h3-13,16,18,27H,14-15,17H2,1-2H3,(H,28,29). The zero-order valence-corrected chi connectivity index (χ0v) is 18.2. The van der Waals surface area contributed by atoms with E-state index in [1.54, 1.807) is 31.4 Å². The molecule has 0 atom stereocenters. The van der Waals surface area contributed by atoms with E-state index in [0.717, 1.165) is 28.1 Å². The molecule has 32 heavy (non-hydrogen) atoms. The molecule has 0 aliphatic rings. The van der Waals surface area contributed by atoms with Crippen molar-refractivity contribution in [1.29, 1.82) is 0 Å². The smallest absolute Gasteiger partial charge is 0.307 e. The van der Waals surface area contributed by atoms with Crippen molar-refractivity contribution in [2.45, 2.75) is 13.3 Å². The van der Waals surface area contributed by atoms with Gasteiger partial charge in [-0.1, -0.05) is 54.6 Å². The number of benzene rings is 3. The monoisotopic (exact) mass is 433 g/mol. The maximum absolute atomic E-state index is 10.8. The van der Waals surface area contributed by atoms with Crippen molar-refractivity contribution in [1.82, 2.24) is 5.48 Å². The van der Waals surface area contributed by atoms with E-state index in [-0.39, 0.29) is 6.42 Å². The third-order valence-electron chi connectivity index (χ3n) is 4.78. The quantitative estimate of drug-likeness (QED) is 0.329. The van der Waals surface area contributed by atoms with Crippen LogP contribution in [0, 0.1) is 0 Å². The predicted octanol–water partition coefficient (Wildman–Crippen LogP) is 4.95. The van der Waals surface area contributed by atoms with E-state index in [1.165, 1.54) is 0 Å². The van der Waals surface area contributed by atoms with Crippen LogP contribution in [-0.4, -0.2) is 31.4 Å². The van der Waals surface area contributed by atoms with Gasteiger partial charge in [0.1, 0.15) is 24.7 Å². The Hall–Kier alpha value is -3.77. The Morgan fingerprint density at radius 2 is 1.69 bits per heavy atom. The Bertz CT molecular complexity index is 1060. The second-order valence-electron chi connectivity index (χ2n) is 7.03. The molecule has 3 rings (SSSR count). The maximum Gasteiger partial charge on any atom is 0.307 e. The molecule has 0 radical (unpaired) electrons. The lowest BCUT2D eigenvalue weighted by Gasteiger charge is -2.13. The number of carbonyl (C=O) groups is 1. The van der Waals surface area contributed by atoms with Crippen molar-refractivity contribution < 1.29 is 24.2 Å². The first kappa shape index (κ1) is 22.9. The Morgan fingerprint density at radius 1 is 0.938 bits per heavy atom. The lowest BCUT2D eigenvalue weighted by molar-refractivity contribution is -0.136. The van der Waals surface area contributed by atoms with E-state index in [9.17, 15) is 4.79 Å². The lowest BCUT2D eigenvalue weighted by Crippen LogP contribution is -2.17. The van der Waals surface area contributed by atoms with Crippen molar-refractivity contribution in [3.05, 3.63) is 90.0 Å². The van der Waals surface area contributed by atoms with Gasteiger partial charge in [-0.15, -0.1) is 0 Å². The molecule has 0 aliphatic heterocycles. The molecular weight excluding hydrogens is 406 g/mol. The van der Waals surface area contributed by atoms with Crippen LogP contribution in [0.25, 0.3) is 16.8 Å². The molecule has 6 heteroatoms. The van der Waals surface area contributed by atoms with E-state index < -0.39 is 5.97 Å². The number of hydrogen-bond acceptors (Lipinski definition) is 5. The van der Waals surface area contributed by atoms with Crippen LogP contribution in [0.1, 0.15) is 18.1 Å². The van der Waals surface area contributed by atoms with E-state index in [2.05, 4.69) is 17.6 Å². The first-order valence-electron chi connectivity index (χ1n) is 10.3. The molecule has 0 amide bonds. The van der Waals surface area contributed by atoms with Crippen molar-refractivity contribution >= 4 is 11.7 Å². The summed E-state index contributed by atoms with van der Waals surface area (Å²) in [4.78, 5) is 16.4. The van der Waals surface area contributed by atoms with Crippen LogP contribution in [0.15, 0.2) is 78.9 Å². The molecular formula is C26H27NO5. The van der Waals surface area contributed by atoms with Gasteiger partial charge >= 0.3 is 5.97 Å². The number of aliphatic carboxylic acids is 1. The molecule has 6 nitrogen and oxygen atoms in total. The maximum atomic E-state index is 10.8. The molecule has 0 aliphatic carbocycles. The fraction of sp³-hybridized carbons (Fsp3) is 0.192. The van der Waals surface area contributed by atoms with Crippen LogP contribution in [0.3, 0.4) is 0 Å². The molecule has 3 aromatic rings. The van der Waals surface area contributed by atoms with Crippen LogP contribution in [0.5, 0.6) is 11.5 Å². The Labute approximate surface area is 188 Å². The Morgan fingerprint density at radius 3 is 2.41 bits per heavy atom. The van der Waals surface area contributed by atoms with E-state index in [0.29, 0.717) is 24.5 Å². The van der Waals surface area contributed by atoms with Crippen LogP contribution in [0.2, 0.25) is 0 Å². The summed E-state index contributed by atoms with van der Waals surface area (Å²) >= 11 is 0. The highest BCUT2D eigenvalue weighted by Crippen LogP contribution is 2.25. The number of hydroxylamine groups is 1. The molecule has 3 aromatic carbocycles. The molecule has 0 saturated carbocycles. The predicted molar refractivity (Wildman–Crippen MR) is 124 cm³/mol. The van der Waals surface area contributed by atoms with Gasteiger partial charge in [-0.05, 0) is 53.4 Å². The number of rotatable bonds is 11. The normalized spacial score (nSPS) is 11.1. The molecule has 166 valence electrons. The van der Waals surface area contributed by atoms with Gasteiger partial charge in [0.05, 0.1) is 19.2 Å². The first-order valence-corrected chi connectivity index (χ1v) is 10.3. The third-order valence-corrected chi connectivity index (χ3v) is 4.78. The molecule has 0 fully saturated rings. The summed E-state index contributed by atoms with van der Waals surface area (Å²) < 4.78 is 10.9. The van der Waals surface area contributed by atoms with Gasteiger partial charge in [-0.25, -0.2) is 0 Å². The summed E-state index contributed by atoms with van der Waals surface area (Å²) in [5.74, 6) is 0.573. The SMILES string of the molecule is CC=C(NOCCOc1cccc(CC(=O)O)c1)c1ccc(-c2cccc(OC)c2)cc1. The van der Waals surface area contributed by atoms with E-state index >= 15 is 0 Å². The molecule has 0 bridgehead atoms. The number of allylic oxidation sites excluding steroid dienone is 1. The number of carboxylic acid groups (broad SMARTS) is 1. The van der Waals surface area contributed by atoms with Gasteiger partial charge in [0, 0.05) is 0 Å². The van der Waals surface area contributed by atoms with Crippen LogP contribution in [0.4, 0.5) is 0 Å². The minimum atomic E-state index is -0.870. The summed E-state index contributed by atoms with van der Waals surface area (Å²) in [6.07, 6.45) is 1.91. The first-order chi connectivity index (χ1) is 15.6. The summed E-state index contributed by atoms with van der Waals surface area (Å²) in [6, 6.07) is 23.2. The second-order valence-corrected chi connectivity index (χ2v) is 7.03. The minimum Gasteiger partial charge on any atom is -0.497 e. The van der Waals surface area contributed by atoms with E-state index in [1.807, 2.05) is 49.4 Å². The zero-order chi connectivity index (χ0) is 22.8. The molecule has 0 aromatic heterocycles. The minimum absolute atomic E-state index is 0.0312. The van der Waals surface area contributed by atoms with Gasteiger partial charge < -0.3 is 14.6 Å². The van der Waals surface area contributed by atoms with E-state index in [4.69, 9.17) is 19.4 Å². The number of carboxylic acids is 1. The van der Waals surface area contributed by atoms with Gasteiger partial charge in [0.15, 0.2) is 0 Å².